The number of hydrogen-bond acceptors (Lipinski definition) is 7. The zero-order valence-electron chi connectivity index (χ0n) is 18.8. The van der Waals surface area contributed by atoms with E-state index in [0.29, 0.717) is 28.5 Å². The third-order valence-corrected chi connectivity index (χ3v) is 5.33. The topological polar surface area (TPSA) is 134 Å². The van der Waals surface area contributed by atoms with Crippen LogP contribution in [-0.2, 0) is 7.05 Å². The first-order valence-electron chi connectivity index (χ1n) is 10.4. The molecule has 174 valence electrons. The SMILES string of the molecule is Cn1nccc1Nc1cc(-n2ccc3cc(C#N)cnc32)ncc1C(=O)NC[C@@H](F)C(C)(C)O. The molecule has 0 bridgehead atoms. The summed E-state index contributed by atoms with van der Waals surface area (Å²) in [4.78, 5) is 21.7. The number of alkyl halides is 1. The van der Waals surface area contributed by atoms with Crippen molar-refractivity contribution in [2.75, 3.05) is 11.9 Å². The summed E-state index contributed by atoms with van der Waals surface area (Å²) in [6, 6.07) is 9.02. The van der Waals surface area contributed by atoms with Crippen molar-refractivity contribution in [3.05, 3.63) is 60.2 Å². The van der Waals surface area contributed by atoms with Gasteiger partial charge in [-0.1, -0.05) is 0 Å². The van der Waals surface area contributed by atoms with Gasteiger partial charge in [-0.05, 0) is 26.0 Å². The van der Waals surface area contributed by atoms with Crippen molar-refractivity contribution in [1.29, 1.82) is 5.26 Å². The highest BCUT2D eigenvalue weighted by Gasteiger charge is 2.27. The zero-order valence-corrected chi connectivity index (χ0v) is 18.8. The van der Waals surface area contributed by atoms with Crippen molar-refractivity contribution < 1.29 is 14.3 Å². The van der Waals surface area contributed by atoms with E-state index in [2.05, 4.69) is 31.8 Å². The Kier molecular flexibility index (Phi) is 6.00. The molecular weight excluding hydrogens is 439 g/mol. The van der Waals surface area contributed by atoms with Crippen LogP contribution in [0.2, 0.25) is 0 Å². The first kappa shape index (κ1) is 22.9. The molecule has 34 heavy (non-hydrogen) atoms. The predicted octanol–water partition coefficient (Wildman–Crippen LogP) is 2.61. The number of carbonyl (C=O) groups is 1. The monoisotopic (exact) mass is 462 g/mol. The molecule has 10 nitrogen and oxygen atoms in total. The first-order chi connectivity index (χ1) is 16.2. The average molecular weight is 462 g/mol. The fraction of sp³-hybridized carbons (Fsp3) is 0.261. The van der Waals surface area contributed by atoms with Gasteiger partial charge in [0.15, 0.2) is 0 Å². The third kappa shape index (κ3) is 4.57. The Bertz CT molecular complexity index is 1400. The number of aryl methyl sites for hydroxylation is 1. The van der Waals surface area contributed by atoms with Gasteiger partial charge >= 0.3 is 0 Å². The molecule has 0 unspecified atom stereocenters. The van der Waals surface area contributed by atoms with E-state index in [4.69, 9.17) is 5.26 Å². The van der Waals surface area contributed by atoms with Crippen LogP contribution in [0, 0.1) is 11.3 Å². The van der Waals surface area contributed by atoms with Crippen LogP contribution in [0.1, 0.15) is 29.8 Å². The number of rotatable bonds is 7. The Morgan fingerprint density at radius 1 is 1.29 bits per heavy atom. The normalized spacial score (nSPS) is 12.4. The van der Waals surface area contributed by atoms with Gasteiger partial charge in [-0.25, -0.2) is 14.4 Å². The highest BCUT2D eigenvalue weighted by atomic mass is 19.1. The molecule has 4 aromatic heterocycles. The molecule has 4 heterocycles. The molecule has 1 amide bonds. The number of nitrogens with one attached hydrogen (secondary N) is 2. The van der Waals surface area contributed by atoms with Gasteiger partial charge in [-0.2, -0.15) is 10.4 Å². The van der Waals surface area contributed by atoms with Crippen LogP contribution in [0.25, 0.3) is 16.9 Å². The summed E-state index contributed by atoms with van der Waals surface area (Å²) in [5.74, 6) is 0.554. The smallest absolute Gasteiger partial charge is 0.255 e. The van der Waals surface area contributed by atoms with Crippen molar-refractivity contribution in [2.45, 2.75) is 25.6 Å². The number of carbonyl (C=O) groups excluding carboxylic acids is 1. The van der Waals surface area contributed by atoms with Crippen molar-refractivity contribution in [1.82, 2.24) is 29.6 Å². The van der Waals surface area contributed by atoms with Gasteiger partial charge in [0.2, 0.25) is 0 Å². The van der Waals surface area contributed by atoms with Crippen LogP contribution in [0.3, 0.4) is 0 Å². The maximum Gasteiger partial charge on any atom is 0.255 e. The number of nitriles is 1. The maximum atomic E-state index is 14.2. The second kappa shape index (κ2) is 8.92. The van der Waals surface area contributed by atoms with E-state index in [1.807, 2.05) is 6.07 Å². The molecule has 0 saturated heterocycles. The molecule has 0 spiro atoms. The Morgan fingerprint density at radius 2 is 2.09 bits per heavy atom. The third-order valence-electron chi connectivity index (χ3n) is 5.33. The molecule has 0 aromatic carbocycles. The average Bonchev–Trinajstić information content (AvgIpc) is 3.41. The number of anilines is 2. The molecule has 1 atom stereocenters. The van der Waals surface area contributed by atoms with Crippen LogP contribution in [0.15, 0.2) is 49.1 Å². The molecule has 0 aliphatic carbocycles. The number of nitrogens with zero attached hydrogens (tertiary/aromatic N) is 6. The minimum atomic E-state index is -1.65. The summed E-state index contributed by atoms with van der Waals surface area (Å²) < 4.78 is 17.5. The van der Waals surface area contributed by atoms with Crippen LogP contribution < -0.4 is 10.6 Å². The van der Waals surface area contributed by atoms with Gasteiger partial charge in [-0.3, -0.25) is 14.0 Å². The van der Waals surface area contributed by atoms with E-state index in [-0.39, 0.29) is 12.1 Å². The van der Waals surface area contributed by atoms with Crippen molar-refractivity contribution in [3.8, 4) is 11.9 Å². The van der Waals surface area contributed by atoms with Crippen molar-refractivity contribution in [3.63, 3.8) is 0 Å². The van der Waals surface area contributed by atoms with Gasteiger partial charge in [0.25, 0.3) is 5.91 Å². The zero-order chi connectivity index (χ0) is 24.5. The summed E-state index contributed by atoms with van der Waals surface area (Å²) in [6.45, 7) is 2.32. The summed E-state index contributed by atoms with van der Waals surface area (Å²) in [6.07, 6.45) is 4.60. The van der Waals surface area contributed by atoms with E-state index < -0.39 is 17.7 Å². The van der Waals surface area contributed by atoms with E-state index in [0.717, 1.165) is 5.39 Å². The van der Waals surface area contributed by atoms with E-state index in [1.165, 1.54) is 26.2 Å². The van der Waals surface area contributed by atoms with Crippen LogP contribution >= 0.6 is 0 Å². The summed E-state index contributed by atoms with van der Waals surface area (Å²) in [5.41, 5.74) is 0.0602. The lowest BCUT2D eigenvalue weighted by Crippen LogP contribution is -2.42. The molecule has 0 radical (unpaired) electrons. The second-order valence-corrected chi connectivity index (χ2v) is 8.32. The fourth-order valence-corrected chi connectivity index (χ4v) is 3.29. The largest absolute Gasteiger partial charge is 0.387 e. The van der Waals surface area contributed by atoms with Crippen molar-refractivity contribution in [2.24, 2.45) is 7.05 Å². The number of halogens is 1. The van der Waals surface area contributed by atoms with Gasteiger partial charge in [0, 0.05) is 43.2 Å². The van der Waals surface area contributed by atoms with Gasteiger partial charge < -0.3 is 15.7 Å². The standard InChI is InChI=1S/C23H23FN8O2/c1-23(2,34)18(24)13-28-22(33)16-12-26-20(9-17(16)30-19-4-6-29-31(19)3)32-7-5-15-8-14(10-25)11-27-21(15)32/h4-9,11-12,18,34H,13H2,1-3H3,(H,26,30)(H,28,33)/t18-/m1/s1. The fourth-order valence-electron chi connectivity index (χ4n) is 3.29. The summed E-state index contributed by atoms with van der Waals surface area (Å²) >= 11 is 0. The molecule has 0 fully saturated rings. The highest BCUT2D eigenvalue weighted by Crippen LogP contribution is 2.25. The molecule has 11 heteroatoms. The van der Waals surface area contributed by atoms with Crippen LogP contribution in [0.5, 0.6) is 0 Å². The number of aromatic nitrogens is 5. The van der Waals surface area contributed by atoms with Crippen molar-refractivity contribution >= 4 is 28.4 Å². The molecule has 0 aliphatic rings. The predicted molar refractivity (Wildman–Crippen MR) is 124 cm³/mol. The summed E-state index contributed by atoms with van der Waals surface area (Å²) in [5, 5.41) is 29.5. The van der Waals surface area contributed by atoms with Gasteiger partial charge in [-0.15, -0.1) is 0 Å². The highest BCUT2D eigenvalue weighted by molar-refractivity contribution is 6.00. The minimum absolute atomic E-state index is 0.184. The Labute approximate surface area is 194 Å². The molecule has 4 aromatic rings. The second-order valence-electron chi connectivity index (χ2n) is 8.32. The first-order valence-corrected chi connectivity index (χ1v) is 10.4. The minimum Gasteiger partial charge on any atom is -0.387 e. The lowest BCUT2D eigenvalue weighted by atomic mass is 10.0. The maximum absolute atomic E-state index is 14.2. The Morgan fingerprint density at radius 3 is 2.76 bits per heavy atom. The van der Waals surface area contributed by atoms with Gasteiger partial charge in [0.05, 0.1) is 35.2 Å². The Hall–Kier alpha value is -4.30. The number of pyridine rings is 2. The molecular formula is C23H23FN8O2. The van der Waals surface area contributed by atoms with E-state index in [1.54, 1.807) is 46.9 Å². The number of aliphatic hydroxyl groups is 1. The lowest BCUT2D eigenvalue weighted by molar-refractivity contribution is -0.00177. The van der Waals surface area contributed by atoms with Crippen LogP contribution in [-0.4, -0.2) is 53.6 Å². The number of fused-ring (bicyclic) bond motifs is 1. The Balaban J connectivity index is 1.71. The van der Waals surface area contributed by atoms with E-state index in [9.17, 15) is 14.3 Å². The quantitative estimate of drug-likeness (QED) is 0.384. The summed E-state index contributed by atoms with van der Waals surface area (Å²) in [7, 11) is 1.75. The van der Waals surface area contributed by atoms with E-state index >= 15 is 0 Å². The van der Waals surface area contributed by atoms with Gasteiger partial charge in [0.1, 0.15) is 29.5 Å². The van der Waals surface area contributed by atoms with Crippen LogP contribution in [0.4, 0.5) is 15.9 Å². The molecule has 0 aliphatic heterocycles. The number of amides is 1. The lowest BCUT2D eigenvalue weighted by Gasteiger charge is -2.22. The molecule has 0 saturated carbocycles. The molecule has 4 rings (SSSR count). The molecule has 3 N–H and O–H groups in total. The number of hydrogen-bond donors (Lipinski definition) is 3.